The molecule has 182 valence electrons. The summed E-state index contributed by atoms with van der Waals surface area (Å²) in [4.78, 5) is 22.5. The van der Waals surface area contributed by atoms with Crippen LogP contribution < -0.4 is 10.2 Å². The highest BCUT2D eigenvalue weighted by Crippen LogP contribution is 2.40. The number of nitrogens with zero attached hydrogens (tertiary/aromatic N) is 2. The van der Waals surface area contributed by atoms with Gasteiger partial charge >= 0.3 is 6.18 Å². The van der Waals surface area contributed by atoms with E-state index < -0.39 is 41.3 Å². The number of hydrogen-bond donors (Lipinski definition) is 3. The summed E-state index contributed by atoms with van der Waals surface area (Å²) >= 11 is 5.80. The molecule has 2 aromatic heterocycles. The third kappa shape index (κ3) is 5.21. The second-order valence-electron chi connectivity index (χ2n) is 8.14. The van der Waals surface area contributed by atoms with Crippen molar-refractivity contribution in [3.8, 4) is 11.3 Å². The highest BCUT2D eigenvalue weighted by Gasteiger charge is 2.56. The van der Waals surface area contributed by atoms with E-state index in [1.165, 1.54) is 25.1 Å². The number of nitrogens with one attached hydrogen (secondary N) is 2. The number of aryl methyl sites for hydroxylation is 1. The zero-order valence-electron chi connectivity index (χ0n) is 18.3. The molecule has 0 bridgehead atoms. The largest absolute Gasteiger partial charge is 0.436 e. The quantitative estimate of drug-likeness (QED) is 0.329. The maximum atomic E-state index is 14.2. The number of carbonyl (C=O) groups excluding carboxylic acids is 1. The van der Waals surface area contributed by atoms with Gasteiger partial charge in [-0.2, -0.15) is 13.2 Å². The summed E-state index contributed by atoms with van der Waals surface area (Å²) in [7, 11) is 0. The first-order valence-electron chi connectivity index (χ1n) is 9.93. The molecule has 2 heterocycles. The lowest BCUT2D eigenvalue weighted by atomic mass is 9.89. The van der Waals surface area contributed by atoms with Crippen molar-refractivity contribution >= 4 is 17.7 Å². The van der Waals surface area contributed by atoms with Crippen LogP contribution in [0.15, 0.2) is 47.0 Å². The minimum atomic E-state index is -5.23. The van der Waals surface area contributed by atoms with Gasteiger partial charge in [0, 0.05) is 12.5 Å². The number of oxazole rings is 1. The monoisotopic (exact) mass is 500 g/mol. The summed E-state index contributed by atoms with van der Waals surface area (Å²) < 4.78 is 60.9. The fourth-order valence-electron chi connectivity index (χ4n) is 3.02. The average molecular weight is 501 g/mol. The Bertz CT molecular complexity index is 1180. The van der Waals surface area contributed by atoms with E-state index in [9.17, 15) is 27.5 Å². The molecule has 7 nitrogen and oxygen atoms in total. The van der Waals surface area contributed by atoms with E-state index in [0.717, 1.165) is 24.4 Å². The van der Waals surface area contributed by atoms with E-state index in [2.05, 4.69) is 14.8 Å². The second-order valence-corrected chi connectivity index (χ2v) is 8.33. The molecule has 0 saturated carbocycles. The molecular weight excluding hydrogens is 480 g/mol. The molecule has 3 aromatic rings. The van der Waals surface area contributed by atoms with Crippen molar-refractivity contribution in [2.75, 3.05) is 6.54 Å². The molecule has 0 aliphatic heterocycles. The maximum Gasteiger partial charge on any atom is 0.424 e. The van der Waals surface area contributed by atoms with Crippen LogP contribution in [-0.2, 0) is 11.1 Å². The van der Waals surface area contributed by atoms with Gasteiger partial charge in [-0.3, -0.25) is 4.79 Å². The first-order chi connectivity index (χ1) is 15.8. The summed E-state index contributed by atoms with van der Waals surface area (Å²) in [6, 6.07) is 7.45. The lowest BCUT2D eigenvalue weighted by Gasteiger charge is -2.32. The van der Waals surface area contributed by atoms with E-state index in [1.807, 2.05) is 5.32 Å². The number of aromatic nitrogens is 2. The van der Waals surface area contributed by atoms with E-state index in [1.54, 1.807) is 13.8 Å². The summed E-state index contributed by atoms with van der Waals surface area (Å²) in [6.45, 7) is 3.41. The predicted molar refractivity (Wildman–Crippen MR) is 115 cm³/mol. The first kappa shape index (κ1) is 25.6. The van der Waals surface area contributed by atoms with Crippen molar-refractivity contribution < 1.29 is 31.9 Å². The van der Waals surface area contributed by atoms with Crippen LogP contribution in [0.1, 0.15) is 41.6 Å². The van der Waals surface area contributed by atoms with Crippen molar-refractivity contribution in [1.29, 1.82) is 0 Å². The minimum absolute atomic E-state index is 0.0346. The highest BCUT2D eigenvalue weighted by molar-refractivity contribution is 6.13. The topological polar surface area (TPSA) is 100 Å². The molecule has 34 heavy (non-hydrogen) atoms. The fraction of sp³-hybridized carbons (Fsp3) is 0.318. The Labute approximate surface area is 197 Å². The Balaban J connectivity index is 2.10. The second kappa shape index (κ2) is 9.32. The van der Waals surface area contributed by atoms with Gasteiger partial charge in [-0.05, 0) is 67.6 Å². The van der Waals surface area contributed by atoms with Crippen molar-refractivity contribution in [3.63, 3.8) is 0 Å². The Morgan fingerprint density at radius 3 is 2.35 bits per heavy atom. The smallest absolute Gasteiger partial charge is 0.424 e. The SMILES string of the molecule is Cc1ncc(C(=O)NCC(O)(c2cc(C(C)(C)NCl)cc(-c3ccc(F)cc3)n2)C(F)(F)F)o1. The molecule has 12 heteroatoms. The molecule has 3 rings (SSSR count). The third-order valence-electron chi connectivity index (χ3n) is 5.17. The van der Waals surface area contributed by atoms with E-state index in [0.29, 0.717) is 5.56 Å². The summed E-state index contributed by atoms with van der Waals surface area (Å²) in [6.07, 6.45) is -4.18. The lowest BCUT2D eigenvalue weighted by Crippen LogP contribution is -2.51. The molecular formula is C22H21ClF4N4O3. The number of amides is 1. The van der Waals surface area contributed by atoms with Crippen LogP contribution in [0.4, 0.5) is 17.6 Å². The van der Waals surface area contributed by atoms with Gasteiger partial charge in [0.1, 0.15) is 5.82 Å². The van der Waals surface area contributed by atoms with Crippen LogP contribution in [0.5, 0.6) is 0 Å². The van der Waals surface area contributed by atoms with E-state index in [-0.39, 0.29) is 22.9 Å². The Kier molecular flexibility index (Phi) is 7.02. The van der Waals surface area contributed by atoms with Crippen LogP contribution in [0.2, 0.25) is 0 Å². The van der Waals surface area contributed by atoms with Crippen molar-refractivity contribution in [2.45, 2.75) is 38.1 Å². The lowest BCUT2D eigenvalue weighted by molar-refractivity contribution is -0.265. The molecule has 1 atom stereocenters. The molecule has 1 amide bonds. The van der Waals surface area contributed by atoms with Gasteiger partial charge < -0.3 is 14.8 Å². The normalized spacial score (nSPS) is 14.0. The van der Waals surface area contributed by atoms with Crippen LogP contribution >= 0.6 is 11.8 Å². The zero-order valence-corrected chi connectivity index (χ0v) is 19.1. The Morgan fingerprint density at radius 2 is 1.82 bits per heavy atom. The molecule has 0 aliphatic rings. The highest BCUT2D eigenvalue weighted by atomic mass is 35.5. The third-order valence-corrected chi connectivity index (χ3v) is 5.64. The van der Waals surface area contributed by atoms with E-state index in [4.69, 9.17) is 16.2 Å². The molecule has 0 radical (unpaired) electrons. The standard InChI is InChI=1S/C22H21ClF4N4O3/c1-12-28-10-17(34-12)19(32)29-11-21(33,22(25,26)27)18-9-14(20(2,3)31-23)8-16(30-18)13-4-6-15(24)7-5-13/h4-10,31,33H,11H2,1-3H3,(H,29,32). The minimum Gasteiger partial charge on any atom is -0.436 e. The average Bonchev–Trinajstić information content (AvgIpc) is 3.23. The number of pyridine rings is 1. The molecule has 1 unspecified atom stereocenters. The Morgan fingerprint density at radius 1 is 1.18 bits per heavy atom. The molecule has 0 fully saturated rings. The fourth-order valence-corrected chi connectivity index (χ4v) is 3.13. The van der Waals surface area contributed by atoms with Crippen LogP contribution in [-0.4, -0.2) is 33.7 Å². The summed E-state index contributed by atoms with van der Waals surface area (Å²) in [5.74, 6) is -1.71. The van der Waals surface area contributed by atoms with Gasteiger partial charge in [0.05, 0.1) is 29.7 Å². The maximum absolute atomic E-state index is 14.2. The molecule has 1 aromatic carbocycles. The predicted octanol–water partition coefficient (Wildman–Crippen LogP) is 4.34. The van der Waals surface area contributed by atoms with Crippen LogP contribution in [0.3, 0.4) is 0 Å². The van der Waals surface area contributed by atoms with Crippen LogP contribution in [0.25, 0.3) is 11.3 Å². The summed E-state index contributed by atoms with van der Waals surface area (Å²) in [5.41, 5.74) is -4.81. The Hall–Kier alpha value is -3.02. The van der Waals surface area contributed by atoms with Crippen molar-refractivity contribution in [2.24, 2.45) is 0 Å². The molecule has 0 saturated heterocycles. The number of rotatable bonds is 7. The van der Waals surface area contributed by atoms with E-state index >= 15 is 0 Å². The van der Waals surface area contributed by atoms with Gasteiger partial charge in [-0.1, -0.05) is 0 Å². The number of carbonyl (C=O) groups is 1. The first-order valence-corrected chi connectivity index (χ1v) is 10.3. The zero-order chi connectivity index (χ0) is 25.3. The van der Waals surface area contributed by atoms with Gasteiger partial charge in [0.15, 0.2) is 5.89 Å². The number of aliphatic hydroxyl groups is 1. The van der Waals surface area contributed by atoms with Crippen LogP contribution in [0, 0.1) is 12.7 Å². The number of halogens is 5. The van der Waals surface area contributed by atoms with Gasteiger partial charge in [0.25, 0.3) is 5.91 Å². The van der Waals surface area contributed by atoms with Crippen molar-refractivity contribution in [3.05, 3.63) is 71.3 Å². The molecule has 0 aliphatic carbocycles. The van der Waals surface area contributed by atoms with Gasteiger partial charge in [0.2, 0.25) is 11.4 Å². The summed E-state index contributed by atoms with van der Waals surface area (Å²) in [5, 5.41) is 12.9. The molecule has 3 N–H and O–H groups in total. The van der Waals surface area contributed by atoms with Gasteiger partial charge in [-0.25, -0.2) is 19.2 Å². The number of benzene rings is 1. The van der Waals surface area contributed by atoms with Crippen molar-refractivity contribution in [1.82, 2.24) is 20.1 Å². The van der Waals surface area contributed by atoms with Gasteiger partial charge in [-0.15, -0.1) is 0 Å². The molecule has 0 spiro atoms. The number of hydrogen-bond acceptors (Lipinski definition) is 6. The number of alkyl halides is 3.